The summed E-state index contributed by atoms with van der Waals surface area (Å²) in [7, 11) is 3.28. The van der Waals surface area contributed by atoms with Crippen molar-refractivity contribution in [2.75, 3.05) is 20.8 Å². The molecule has 1 amide bonds. The number of hydrogen-bond donors (Lipinski definition) is 0. The molecule has 0 atom stereocenters. The van der Waals surface area contributed by atoms with E-state index in [9.17, 15) is 4.79 Å². The fraction of sp³-hybridized carbons (Fsp3) is 0.500. The number of aromatic nitrogens is 2. The molecule has 0 radical (unpaired) electrons. The standard InChI is InChI=1S/C20H25N3O3/c1-25-13-17-16-12-22(20(24)15-5-3-4-6-19(15)26-2)10-9-18(16)23(21-17)11-14-7-8-14/h3-6,14H,7-13H2,1-2H3. The summed E-state index contributed by atoms with van der Waals surface area (Å²) in [5.41, 5.74) is 3.99. The van der Waals surface area contributed by atoms with Crippen molar-refractivity contribution < 1.29 is 14.3 Å². The van der Waals surface area contributed by atoms with Gasteiger partial charge in [-0.25, -0.2) is 0 Å². The van der Waals surface area contributed by atoms with Crippen LogP contribution in [0.2, 0.25) is 0 Å². The second kappa shape index (κ2) is 7.11. The number of rotatable bonds is 6. The molecule has 0 saturated heterocycles. The first kappa shape index (κ1) is 17.1. The molecule has 1 fully saturated rings. The van der Waals surface area contributed by atoms with Crippen molar-refractivity contribution in [2.24, 2.45) is 5.92 Å². The zero-order valence-electron chi connectivity index (χ0n) is 15.4. The second-order valence-electron chi connectivity index (χ2n) is 7.11. The Morgan fingerprint density at radius 2 is 2.08 bits per heavy atom. The van der Waals surface area contributed by atoms with E-state index >= 15 is 0 Å². The summed E-state index contributed by atoms with van der Waals surface area (Å²) in [6.07, 6.45) is 3.43. The molecule has 1 aliphatic carbocycles. The Balaban J connectivity index is 1.60. The highest BCUT2D eigenvalue weighted by atomic mass is 16.5. The Bertz CT molecular complexity index is 811. The molecular formula is C20H25N3O3. The number of ether oxygens (including phenoxy) is 2. The van der Waals surface area contributed by atoms with Crippen LogP contribution in [0.5, 0.6) is 5.75 Å². The molecule has 6 nitrogen and oxygen atoms in total. The molecule has 2 heterocycles. The first-order valence-corrected chi connectivity index (χ1v) is 9.20. The Kier molecular flexibility index (Phi) is 4.68. The summed E-state index contributed by atoms with van der Waals surface area (Å²) in [6.45, 7) is 2.76. The van der Waals surface area contributed by atoms with Crippen molar-refractivity contribution in [1.82, 2.24) is 14.7 Å². The summed E-state index contributed by atoms with van der Waals surface area (Å²) < 4.78 is 12.9. The summed E-state index contributed by atoms with van der Waals surface area (Å²) in [4.78, 5) is 14.9. The minimum Gasteiger partial charge on any atom is -0.496 e. The SMILES string of the molecule is COCc1nn(CC2CC2)c2c1CN(C(=O)c1ccccc1OC)CC2. The summed E-state index contributed by atoms with van der Waals surface area (Å²) in [5, 5.41) is 4.79. The summed E-state index contributed by atoms with van der Waals surface area (Å²) in [6, 6.07) is 7.40. The van der Waals surface area contributed by atoms with Crippen molar-refractivity contribution >= 4 is 5.91 Å². The quantitative estimate of drug-likeness (QED) is 0.799. The molecule has 1 saturated carbocycles. The van der Waals surface area contributed by atoms with Gasteiger partial charge in [-0.15, -0.1) is 0 Å². The molecule has 4 rings (SSSR count). The van der Waals surface area contributed by atoms with Gasteiger partial charge in [0.25, 0.3) is 5.91 Å². The maximum absolute atomic E-state index is 13.0. The minimum absolute atomic E-state index is 0.00593. The monoisotopic (exact) mass is 355 g/mol. The van der Waals surface area contributed by atoms with Crippen molar-refractivity contribution in [2.45, 2.75) is 39.0 Å². The van der Waals surface area contributed by atoms with Gasteiger partial charge in [-0.3, -0.25) is 9.48 Å². The highest BCUT2D eigenvalue weighted by Gasteiger charge is 2.31. The van der Waals surface area contributed by atoms with Gasteiger partial charge in [-0.1, -0.05) is 12.1 Å². The van der Waals surface area contributed by atoms with Crippen LogP contribution in [-0.2, 0) is 30.9 Å². The number of benzene rings is 1. The van der Waals surface area contributed by atoms with Gasteiger partial charge in [0.15, 0.2) is 0 Å². The molecule has 0 spiro atoms. The van der Waals surface area contributed by atoms with Crippen LogP contribution >= 0.6 is 0 Å². The number of carbonyl (C=O) groups is 1. The average molecular weight is 355 g/mol. The van der Waals surface area contributed by atoms with Crippen LogP contribution in [0.15, 0.2) is 24.3 Å². The Morgan fingerprint density at radius 3 is 2.81 bits per heavy atom. The molecule has 1 aliphatic heterocycles. The van der Waals surface area contributed by atoms with Crippen molar-refractivity contribution in [3.05, 3.63) is 46.8 Å². The molecule has 0 unspecified atom stereocenters. The van der Waals surface area contributed by atoms with Gasteiger partial charge in [-0.05, 0) is 30.9 Å². The first-order chi connectivity index (χ1) is 12.7. The number of methoxy groups -OCH3 is 2. The van der Waals surface area contributed by atoms with E-state index in [0.717, 1.165) is 30.1 Å². The molecule has 1 aromatic carbocycles. The topological polar surface area (TPSA) is 56.6 Å². The van der Waals surface area contributed by atoms with Gasteiger partial charge in [-0.2, -0.15) is 5.10 Å². The molecule has 2 aromatic rings. The highest BCUT2D eigenvalue weighted by molar-refractivity contribution is 5.97. The molecule has 0 N–H and O–H groups in total. The number of para-hydroxylation sites is 1. The van der Waals surface area contributed by atoms with Gasteiger partial charge in [0, 0.05) is 44.4 Å². The molecular weight excluding hydrogens is 330 g/mol. The number of amides is 1. The number of fused-ring (bicyclic) bond motifs is 1. The van der Waals surface area contributed by atoms with E-state index in [1.807, 2.05) is 29.2 Å². The van der Waals surface area contributed by atoms with Crippen LogP contribution in [0.1, 0.15) is 40.2 Å². The molecule has 6 heteroatoms. The third-order valence-electron chi connectivity index (χ3n) is 5.25. The molecule has 138 valence electrons. The highest BCUT2D eigenvalue weighted by Crippen LogP contribution is 2.33. The van der Waals surface area contributed by atoms with Crippen LogP contribution in [-0.4, -0.2) is 41.4 Å². The Labute approximate surface area is 153 Å². The lowest BCUT2D eigenvalue weighted by Crippen LogP contribution is -2.36. The predicted octanol–water partition coefficient (Wildman–Crippen LogP) is 2.65. The normalized spacial score (nSPS) is 16.5. The maximum atomic E-state index is 13.0. The van der Waals surface area contributed by atoms with Gasteiger partial charge in [0.05, 0.1) is 25.0 Å². The zero-order chi connectivity index (χ0) is 18.1. The lowest BCUT2D eigenvalue weighted by Gasteiger charge is -2.28. The van der Waals surface area contributed by atoms with Gasteiger partial charge in [0.2, 0.25) is 0 Å². The van der Waals surface area contributed by atoms with E-state index in [1.165, 1.54) is 18.5 Å². The molecule has 0 bridgehead atoms. The van der Waals surface area contributed by atoms with Crippen molar-refractivity contribution in [3.8, 4) is 5.75 Å². The van der Waals surface area contributed by atoms with Crippen LogP contribution in [0.25, 0.3) is 0 Å². The Hall–Kier alpha value is -2.34. The van der Waals surface area contributed by atoms with Crippen LogP contribution in [0, 0.1) is 5.92 Å². The van der Waals surface area contributed by atoms with E-state index < -0.39 is 0 Å². The zero-order valence-corrected chi connectivity index (χ0v) is 15.4. The van der Waals surface area contributed by atoms with E-state index in [-0.39, 0.29) is 5.91 Å². The fourth-order valence-corrected chi connectivity index (χ4v) is 3.68. The summed E-state index contributed by atoms with van der Waals surface area (Å²) >= 11 is 0. The van der Waals surface area contributed by atoms with Crippen LogP contribution < -0.4 is 4.74 Å². The lowest BCUT2D eigenvalue weighted by molar-refractivity contribution is 0.0728. The van der Waals surface area contributed by atoms with Crippen LogP contribution in [0.3, 0.4) is 0 Å². The third-order valence-corrected chi connectivity index (χ3v) is 5.25. The first-order valence-electron chi connectivity index (χ1n) is 9.20. The predicted molar refractivity (Wildman–Crippen MR) is 97.1 cm³/mol. The maximum Gasteiger partial charge on any atom is 0.257 e. The second-order valence-corrected chi connectivity index (χ2v) is 7.11. The lowest BCUT2D eigenvalue weighted by atomic mass is 10.0. The van der Waals surface area contributed by atoms with Gasteiger partial charge < -0.3 is 14.4 Å². The molecule has 2 aliphatic rings. The number of carbonyl (C=O) groups excluding carboxylic acids is 1. The van der Waals surface area contributed by atoms with E-state index in [1.54, 1.807) is 14.2 Å². The van der Waals surface area contributed by atoms with Crippen LogP contribution in [0.4, 0.5) is 0 Å². The average Bonchev–Trinajstić information content (AvgIpc) is 3.43. The van der Waals surface area contributed by atoms with Gasteiger partial charge in [0.1, 0.15) is 5.75 Å². The largest absolute Gasteiger partial charge is 0.496 e. The molecule has 1 aromatic heterocycles. The number of hydrogen-bond acceptors (Lipinski definition) is 4. The summed E-state index contributed by atoms with van der Waals surface area (Å²) in [5.74, 6) is 1.39. The van der Waals surface area contributed by atoms with E-state index in [0.29, 0.717) is 31.0 Å². The smallest absolute Gasteiger partial charge is 0.257 e. The minimum atomic E-state index is 0.00593. The molecule has 26 heavy (non-hydrogen) atoms. The number of nitrogens with zero attached hydrogens (tertiary/aromatic N) is 3. The van der Waals surface area contributed by atoms with Gasteiger partial charge >= 0.3 is 0 Å². The van der Waals surface area contributed by atoms with E-state index in [4.69, 9.17) is 14.6 Å². The third kappa shape index (κ3) is 3.21. The fourth-order valence-electron chi connectivity index (χ4n) is 3.68. The van der Waals surface area contributed by atoms with Crippen molar-refractivity contribution in [3.63, 3.8) is 0 Å². The van der Waals surface area contributed by atoms with E-state index in [2.05, 4.69) is 4.68 Å². The Morgan fingerprint density at radius 1 is 1.27 bits per heavy atom. The van der Waals surface area contributed by atoms with Crippen molar-refractivity contribution in [1.29, 1.82) is 0 Å².